The van der Waals surface area contributed by atoms with Gasteiger partial charge < -0.3 is 10.5 Å². The molecule has 0 unspecified atom stereocenters. The number of ether oxygens (including phenoxy) is 1. The Hall–Kier alpha value is -2.14. The predicted molar refractivity (Wildman–Crippen MR) is 71.3 cm³/mol. The summed E-state index contributed by atoms with van der Waals surface area (Å²) >= 11 is 5.71. The third-order valence-corrected chi connectivity index (χ3v) is 2.86. The average Bonchev–Trinajstić information content (AvgIpc) is 2.43. The van der Waals surface area contributed by atoms with Crippen LogP contribution < -0.4 is 5.73 Å². The number of hydrogen-bond acceptors (Lipinski definition) is 3. The Balaban J connectivity index is 2.13. The van der Waals surface area contributed by atoms with Gasteiger partial charge >= 0.3 is 5.97 Å². The molecule has 0 aliphatic rings. The molecule has 0 spiro atoms. The van der Waals surface area contributed by atoms with Gasteiger partial charge in [0.2, 0.25) is 0 Å². The summed E-state index contributed by atoms with van der Waals surface area (Å²) in [6.07, 6.45) is 0. The third-order valence-electron chi connectivity index (χ3n) is 2.61. The molecule has 0 radical (unpaired) electrons. The van der Waals surface area contributed by atoms with Crippen molar-refractivity contribution in [2.24, 2.45) is 0 Å². The van der Waals surface area contributed by atoms with Gasteiger partial charge in [-0.1, -0.05) is 23.7 Å². The minimum absolute atomic E-state index is 0.121. The van der Waals surface area contributed by atoms with Crippen LogP contribution in [0.2, 0.25) is 5.02 Å². The second kappa shape index (κ2) is 5.88. The number of benzene rings is 2. The van der Waals surface area contributed by atoms with Gasteiger partial charge in [-0.05, 0) is 29.8 Å². The first-order valence-electron chi connectivity index (χ1n) is 5.64. The number of carbonyl (C=O) groups is 1. The van der Waals surface area contributed by atoms with Crippen molar-refractivity contribution in [3.8, 4) is 0 Å². The van der Waals surface area contributed by atoms with Gasteiger partial charge in [-0.25, -0.2) is 13.6 Å². The van der Waals surface area contributed by atoms with E-state index in [0.29, 0.717) is 10.6 Å². The lowest BCUT2D eigenvalue weighted by atomic mass is 10.1. The van der Waals surface area contributed by atoms with E-state index in [2.05, 4.69) is 0 Å². The predicted octanol–water partition coefficient (Wildman–Crippen LogP) is 3.56. The largest absolute Gasteiger partial charge is 0.457 e. The van der Waals surface area contributed by atoms with Crippen molar-refractivity contribution in [3.05, 3.63) is 64.2 Å². The van der Waals surface area contributed by atoms with Gasteiger partial charge in [0.1, 0.15) is 18.0 Å². The van der Waals surface area contributed by atoms with E-state index in [0.717, 1.165) is 12.1 Å². The van der Waals surface area contributed by atoms with E-state index < -0.39 is 23.2 Å². The summed E-state index contributed by atoms with van der Waals surface area (Å²) in [5, 5.41) is 0.535. The highest BCUT2D eigenvalue weighted by Gasteiger charge is 2.21. The molecule has 0 aliphatic heterocycles. The molecule has 104 valence electrons. The molecule has 0 heterocycles. The minimum atomic E-state index is -1.12. The Labute approximate surface area is 118 Å². The van der Waals surface area contributed by atoms with E-state index in [1.165, 1.54) is 0 Å². The summed E-state index contributed by atoms with van der Waals surface area (Å²) in [4.78, 5) is 11.7. The van der Waals surface area contributed by atoms with Crippen LogP contribution in [0.4, 0.5) is 14.5 Å². The van der Waals surface area contributed by atoms with Crippen LogP contribution in [0, 0.1) is 11.6 Å². The van der Waals surface area contributed by atoms with Crippen molar-refractivity contribution < 1.29 is 18.3 Å². The molecule has 2 rings (SSSR count). The van der Waals surface area contributed by atoms with Crippen molar-refractivity contribution >= 4 is 23.3 Å². The normalized spacial score (nSPS) is 10.3. The number of halogens is 3. The number of esters is 1. The van der Waals surface area contributed by atoms with Gasteiger partial charge in [0.25, 0.3) is 0 Å². The van der Waals surface area contributed by atoms with Crippen LogP contribution in [-0.2, 0) is 11.3 Å². The molecule has 0 atom stereocenters. The van der Waals surface area contributed by atoms with Crippen LogP contribution in [0.5, 0.6) is 0 Å². The topological polar surface area (TPSA) is 52.3 Å². The smallest absolute Gasteiger partial charge is 0.344 e. The van der Waals surface area contributed by atoms with E-state index in [1.807, 2.05) is 0 Å². The van der Waals surface area contributed by atoms with E-state index in [9.17, 15) is 13.6 Å². The van der Waals surface area contributed by atoms with Gasteiger partial charge in [0.15, 0.2) is 5.82 Å². The van der Waals surface area contributed by atoms with E-state index in [1.54, 1.807) is 24.3 Å². The summed E-state index contributed by atoms with van der Waals surface area (Å²) in [6, 6.07) is 8.47. The van der Waals surface area contributed by atoms with Crippen molar-refractivity contribution in [1.29, 1.82) is 0 Å². The van der Waals surface area contributed by atoms with Crippen molar-refractivity contribution in [1.82, 2.24) is 0 Å². The fourth-order valence-electron chi connectivity index (χ4n) is 1.56. The fraction of sp³-hybridized carbons (Fsp3) is 0.0714. The maximum Gasteiger partial charge on any atom is 0.344 e. The van der Waals surface area contributed by atoms with Gasteiger partial charge in [-0.3, -0.25) is 0 Å². The van der Waals surface area contributed by atoms with Crippen LogP contribution in [0.25, 0.3) is 0 Å². The average molecular weight is 298 g/mol. The number of nitrogens with two attached hydrogens (primary N) is 1. The molecule has 0 aromatic heterocycles. The van der Waals surface area contributed by atoms with Crippen molar-refractivity contribution in [2.45, 2.75) is 6.61 Å². The second-order valence-electron chi connectivity index (χ2n) is 4.03. The molecule has 0 saturated heterocycles. The Bertz CT molecular complexity index is 644. The maximum atomic E-state index is 13.6. The number of rotatable bonds is 3. The van der Waals surface area contributed by atoms with Crippen LogP contribution in [0.3, 0.4) is 0 Å². The molecule has 0 aliphatic carbocycles. The SMILES string of the molecule is Nc1ccc(F)c(C(=O)OCc2ccc(Cl)cc2)c1F. The molecule has 2 aromatic rings. The van der Waals surface area contributed by atoms with E-state index in [-0.39, 0.29) is 12.3 Å². The maximum absolute atomic E-state index is 13.6. The first-order chi connectivity index (χ1) is 9.49. The summed E-state index contributed by atoms with van der Waals surface area (Å²) in [5.74, 6) is -3.24. The lowest BCUT2D eigenvalue weighted by molar-refractivity contribution is 0.0461. The monoisotopic (exact) mass is 297 g/mol. The van der Waals surface area contributed by atoms with Crippen LogP contribution in [0.15, 0.2) is 36.4 Å². The van der Waals surface area contributed by atoms with Gasteiger partial charge in [-0.2, -0.15) is 0 Å². The highest BCUT2D eigenvalue weighted by Crippen LogP contribution is 2.20. The summed E-state index contributed by atoms with van der Waals surface area (Å²) in [7, 11) is 0. The van der Waals surface area contributed by atoms with E-state index >= 15 is 0 Å². The Morgan fingerprint density at radius 3 is 2.45 bits per heavy atom. The number of carbonyl (C=O) groups excluding carboxylic acids is 1. The third kappa shape index (κ3) is 3.05. The zero-order valence-electron chi connectivity index (χ0n) is 10.2. The van der Waals surface area contributed by atoms with Gasteiger partial charge in [0, 0.05) is 5.02 Å². The van der Waals surface area contributed by atoms with Crippen molar-refractivity contribution in [3.63, 3.8) is 0 Å². The number of nitrogen functional groups attached to an aromatic ring is 1. The molecule has 6 heteroatoms. The molecule has 0 fully saturated rings. The molecule has 0 amide bonds. The van der Waals surface area contributed by atoms with Gasteiger partial charge in [-0.15, -0.1) is 0 Å². The standard InChI is InChI=1S/C14H10ClF2NO2/c15-9-3-1-8(2-4-9)7-20-14(19)12-10(16)5-6-11(18)13(12)17/h1-6H,7,18H2. The zero-order valence-corrected chi connectivity index (χ0v) is 11.0. The Morgan fingerprint density at radius 2 is 1.80 bits per heavy atom. The molecule has 20 heavy (non-hydrogen) atoms. The Morgan fingerprint density at radius 1 is 1.15 bits per heavy atom. The lowest BCUT2D eigenvalue weighted by Crippen LogP contribution is -2.11. The molecule has 3 nitrogen and oxygen atoms in total. The first-order valence-corrected chi connectivity index (χ1v) is 6.02. The van der Waals surface area contributed by atoms with Crippen LogP contribution in [-0.4, -0.2) is 5.97 Å². The molecular weight excluding hydrogens is 288 g/mol. The Kier molecular flexibility index (Phi) is 4.20. The molecular formula is C14H10ClF2NO2. The molecule has 0 saturated carbocycles. The van der Waals surface area contributed by atoms with Crippen LogP contribution in [0.1, 0.15) is 15.9 Å². The number of hydrogen-bond donors (Lipinski definition) is 1. The first kappa shape index (κ1) is 14.3. The molecule has 2 N–H and O–H groups in total. The highest BCUT2D eigenvalue weighted by molar-refractivity contribution is 6.30. The fourth-order valence-corrected chi connectivity index (χ4v) is 1.68. The van der Waals surface area contributed by atoms with Crippen molar-refractivity contribution in [2.75, 3.05) is 5.73 Å². The number of anilines is 1. The quantitative estimate of drug-likeness (QED) is 0.696. The molecule has 2 aromatic carbocycles. The highest BCUT2D eigenvalue weighted by atomic mass is 35.5. The second-order valence-corrected chi connectivity index (χ2v) is 4.46. The summed E-state index contributed by atoms with van der Waals surface area (Å²) < 4.78 is 31.9. The van der Waals surface area contributed by atoms with E-state index in [4.69, 9.17) is 22.1 Å². The summed E-state index contributed by atoms with van der Waals surface area (Å²) in [6.45, 7) is -0.121. The van der Waals surface area contributed by atoms with Crippen LogP contribution >= 0.6 is 11.6 Å². The summed E-state index contributed by atoms with van der Waals surface area (Å²) in [5.41, 5.74) is 4.83. The zero-order chi connectivity index (χ0) is 14.7. The lowest BCUT2D eigenvalue weighted by Gasteiger charge is -2.08. The molecule has 0 bridgehead atoms. The minimum Gasteiger partial charge on any atom is -0.457 e. The van der Waals surface area contributed by atoms with Gasteiger partial charge in [0.05, 0.1) is 5.69 Å².